The van der Waals surface area contributed by atoms with Crippen LogP contribution in [0.1, 0.15) is 38.5 Å². The van der Waals surface area contributed by atoms with Gasteiger partial charge < -0.3 is 15.7 Å². The number of amides is 1. The van der Waals surface area contributed by atoms with Crippen molar-refractivity contribution < 1.29 is 9.90 Å². The van der Waals surface area contributed by atoms with E-state index in [-0.39, 0.29) is 29.5 Å². The Labute approximate surface area is 95.8 Å². The zero-order valence-electron chi connectivity index (χ0n) is 9.56. The van der Waals surface area contributed by atoms with Crippen molar-refractivity contribution in [1.82, 2.24) is 4.90 Å². The van der Waals surface area contributed by atoms with Crippen LogP contribution in [0.5, 0.6) is 0 Å². The van der Waals surface area contributed by atoms with Crippen LogP contribution in [0.4, 0.5) is 0 Å². The van der Waals surface area contributed by atoms with Gasteiger partial charge in [0.05, 0.1) is 11.5 Å². The average molecular weight is 224 g/mol. The maximum absolute atomic E-state index is 12.4. The third-order valence-corrected chi connectivity index (χ3v) is 4.64. The molecule has 0 radical (unpaired) electrons. The van der Waals surface area contributed by atoms with Crippen molar-refractivity contribution in [3.63, 3.8) is 0 Å². The van der Waals surface area contributed by atoms with Gasteiger partial charge in [-0.25, -0.2) is 0 Å². The first kappa shape index (κ1) is 10.5. The molecule has 2 heterocycles. The summed E-state index contributed by atoms with van der Waals surface area (Å²) in [6, 6.07) is 0.565. The van der Waals surface area contributed by atoms with E-state index in [0.717, 1.165) is 38.5 Å². The number of piperidine rings is 1. The Morgan fingerprint density at radius 3 is 2.31 bits per heavy atom. The summed E-state index contributed by atoms with van der Waals surface area (Å²) in [5.74, 6) is 0.273. The second kappa shape index (κ2) is 3.44. The standard InChI is InChI=1S/C12H20N2O2/c13-7-12(3-4-12)11(16)14-8-1-2-9(14)6-10(15)5-8/h8-10,15H,1-7,13H2. The van der Waals surface area contributed by atoms with Crippen molar-refractivity contribution in [2.24, 2.45) is 11.1 Å². The minimum Gasteiger partial charge on any atom is -0.393 e. The highest BCUT2D eigenvalue weighted by Gasteiger charge is 2.55. The van der Waals surface area contributed by atoms with Gasteiger partial charge in [-0.1, -0.05) is 0 Å². The summed E-state index contributed by atoms with van der Waals surface area (Å²) >= 11 is 0. The molecule has 3 rings (SSSR count). The van der Waals surface area contributed by atoms with Crippen molar-refractivity contribution >= 4 is 5.91 Å². The average Bonchev–Trinajstić information content (AvgIpc) is 3.00. The van der Waals surface area contributed by atoms with Crippen LogP contribution in [0.15, 0.2) is 0 Å². The van der Waals surface area contributed by atoms with Crippen LogP contribution in [-0.2, 0) is 4.79 Å². The van der Waals surface area contributed by atoms with Crippen LogP contribution in [-0.4, -0.2) is 40.6 Å². The lowest BCUT2D eigenvalue weighted by Gasteiger charge is -2.39. The van der Waals surface area contributed by atoms with Crippen LogP contribution in [0.2, 0.25) is 0 Å². The monoisotopic (exact) mass is 224 g/mol. The number of hydrogen-bond acceptors (Lipinski definition) is 3. The van der Waals surface area contributed by atoms with Gasteiger partial charge in [0.15, 0.2) is 0 Å². The zero-order valence-corrected chi connectivity index (χ0v) is 9.56. The second-order valence-electron chi connectivity index (χ2n) is 5.71. The molecule has 2 bridgehead atoms. The number of nitrogens with two attached hydrogens (primary N) is 1. The van der Waals surface area contributed by atoms with E-state index in [9.17, 15) is 9.90 Å². The van der Waals surface area contributed by atoms with Crippen LogP contribution in [0.3, 0.4) is 0 Å². The normalized spacial score (nSPS) is 39.9. The summed E-state index contributed by atoms with van der Waals surface area (Å²) in [4.78, 5) is 14.5. The number of aliphatic hydroxyl groups excluding tert-OH is 1. The molecular weight excluding hydrogens is 204 g/mol. The molecule has 2 atom stereocenters. The van der Waals surface area contributed by atoms with Crippen LogP contribution in [0, 0.1) is 5.41 Å². The molecule has 0 spiro atoms. The van der Waals surface area contributed by atoms with E-state index in [1.54, 1.807) is 0 Å². The van der Waals surface area contributed by atoms with Crippen molar-refractivity contribution in [3.05, 3.63) is 0 Å². The largest absolute Gasteiger partial charge is 0.393 e. The quantitative estimate of drug-likeness (QED) is 0.706. The van der Waals surface area contributed by atoms with Gasteiger partial charge in [-0.15, -0.1) is 0 Å². The van der Waals surface area contributed by atoms with Crippen molar-refractivity contribution in [1.29, 1.82) is 0 Å². The third-order valence-electron chi connectivity index (χ3n) is 4.64. The second-order valence-corrected chi connectivity index (χ2v) is 5.71. The van der Waals surface area contributed by atoms with Crippen LogP contribution >= 0.6 is 0 Å². The van der Waals surface area contributed by atoms with Crippen molar-refractivity contribution in [2.75, 3.05) is 6.54 Å². The third kappa shape index (κ3) is 1.39. The van der Waals surface area contributed by atoms with E-state index in [2.05, 4.69) is 4.90 Å². The van der Waals surface area contributed by atoms with Gasteiger partial charge in [0, 0.05) is 18.6 Å². The SMILES string of the molecule is NCC1(C(=O)N2C3CCC2CC(O)C3)CC1. The van der Waals surface area contributed by atoms with E-state index in [1.165, 1.54) is 0 Å². The lowest BCUT2D eigenvalue weighted by atomic mass is 9.96. The predicted molar refractivity (Wildman–Crippen MR) is 59.6 cm³/mol. The molecule has 2 aliphatic heterocycles. The van der Waals surface area contributed by atoms with E-state index in [0.29, 0.717) is 6.54 Å². The molecule has 1 amide bonds. The fourth-order valence-electron chi connectivity index (χ4n) is 3.41. The van der Waals surface area contributed by atoms with Gasteiger partial charge in [-0.3, -0.25) is 4.79 Å². The molecule has 3 N–H and O–H groups in total. The lowest BCUT2D eigenvalue weighted by Crippen LogP contribution is -2.51. The first-order valence-electron chi connectivity index (χ1n) is 6.37. The fourth-order valence-corrected chi connectivity index (χ4v) is 3.41. The highest BCUT2D eigenvalue weighted by atomic mass is 16.3. The summed E-state index contributed by atoms with van der Waals surface area (Å²) in [5.41, 5.74) is 5.50. The Hall–Kier alpha value is -0.610. The zero-order chi connectivity index (χ0) is 11.3. The Balaban J connectivity index is 1.78. The fraction of sp³-hybridized carbons (Fsp3) is 0.917. The topological polar surface area (TPSA) is 66.6 Å². The Kier molecular flexibility index (Phi) is 2.27. The summed E-state index contributed by atoms with van der Waals surface area (Å²) in [6.45, 7) is 0.490. The number of carbonyl (C=O) groups is 1. The molecule has 0 aromatic heterocycles. The van der Waals surface area contributed by atoms with Gasteiger partial charge in [0.2, 0.25) is 5.91 Å². The molecule has 0 aromatic carbocycles. The van der Waals surface area contributed by atoms with Crippen LogP contribution in [0.25, 0.3) is 0 Å². The maximum Gasteiger partial charge on any atom is 0.230 e. The number of aliphatic hydroxyl groups is 1. The molecular formula is C12H20N2O2. The Morgan fingerprint density at radius 1 is 1.31 bits per heavy atom. The van der Waals surface area contributed by atoms with Crippen molar-refractivity contribution in [3.8, 4) is 0 Å². The highest BCUT2D eigenvalue weighted by Crippen LogP contribution is 2.49. The number of hydrogen-bond donors (Lipinski definition) is 2. The first-order chi connectivity index (χ1) is 7.66. The van der Waals surface area contributed by atoms with Crippen LogP contribution < -0.4 is 5.73 Å². The molecule has 0 aromatic rings. The molecule has 4 heteroatoms. The van der Waals surface area contributed by atoms with Gasteiger partial charge in [0.1, 0.15) is 0 Å². The first-order valence-corrected chi connectivity index (χ1v) is 6.37. The van der Waals surface area contributed by atoms with E-state index in [1.807, 2.05) is 0 Å². The Bertz CT molecular complexity index is 300. The summed E-state index contributed by atoms with van der Waals surface area (Å²) in [5, 5.41) is 9.70. The van der Waals surface area contributed by atoms with Crippen molar-refractivity contribution in [2.45, 2.75) is 56.7 Å². The highest BCUT2D eigenvalue weighted by molar-refractivity contribution is 5.86. The van der Waals surface area contributed by atoms with Gasteiger partial charge in [-0.2, -0.15) is 0 Å². The van der Waals surface area contributed by atoms with E-state index < -0.39 is 0 Å². The molecule has 90 valence electrons. The minimum absolute atomic E-state index is 0.199. The van der Waals surface area contributed by atoms with E-state index in [4.69, 9.17) is 5.73 Å². The predicted octanol–water partition coefficient (Wildman–Crippen LogP) is 0.240. The molecule has 16 heavy (non-hydrogen) atoms. The molecule has 1 aliphatic carbocycles. The minimum atomic E-state index is -0.219. The molecule has 2 unspecified atom stereocenters. The van der Waals surface area contributed by atoms with E-state index >= 15 is 0 Å². The Morgan fingerprint density at radius 2 is 1.88 bits per heavy atom. The summed E-state index contributed by atoms with van der Waals surface area (Å²) < 4.78 is 0. The van der Waals surface area contributed by atoms with Gasteiger partial charge >= 0.3 is 0 Å². The molecule has 4 nitrogen and oxygen atoms in total. The summed E-state index contributed by atoms with van der Waals surface area (Å²) in [7, 11) is 0. The number of nitrogens with zero attached hydrogens (tertiary/aromatic N) is 1. The van der Waals surface area contributed by atoms with Gasteiger partial charge in [0.25, 0.3) is 0 Å². The number of fused-ring (bicyclic) bond motifs is 2. The number of carbonyl (C=O) groups excluding carboxylic acids is 1. The smallest absolute Gasteiger partial charge is 0.230 e. The number of rotatable bonds is 2. The molecule has 1 saturated carbocycles. The maximum atomic E-state index is 12.4. The van der Waals surface area contributed by atoms with Gasteiger partial charge in [-0.05, 0) is 38.5 Å². The molecule has 3 fully saturated rings. The molecule has 2 saturated heterocycles. The lowest BCUT2D eigenvalue weighted by molar-refractivity contribution is -0.143. The summed E-state index contributed by atoms with van der Waals surface area (Å²) in [6.07, 6.45) is 5.38. The molecule has 3 aliphatic rings.